The minimum Gasteiger partial charge on any atom is -0.356 e. The summed E-state index contributed by atoms with van der Waals surface area (Å²) in [5.41, 5.74) is 1.71. The second kappa shape index (κ2) is 12.5. The van der Waals surface area contributed by atoms with Gasteiger partial charge in [0, 0.05) is 30.2 Å². The highest BCUT2D eigenvalue weighted by atomic mass is 16.7. The van der Waals surface area contributed by atoms with Gasteiger partial charge in [0.2, 0.25) is 5.91 Å². The monoisotopic (exact) mass is 395 g/mol. The normalized spacial score (nSPS) is 12.6. The number of nitro groups is 1. The highest BCUT2D eigenvalue weighted by molar-refractivity contribution is 5.94. The van der Waals surface area contributed by atoms with Crippen molar-refractivity contribution in [3.05, 3.63) is 52.6 Å². The Morgan fingerprint density at radius 2 is 2.00 bits per heavy atom. The van der Waals surface area contributed by atoms with Crippen LogP contribution in [0.5, 0.6) is 0 Å². The number of rotatable bonds is 13. The van der Waals surface area contributed by atoms with E-state index in [1.165, 1.54) is 30.3 Å². The fourth-order valence-electron chi connectivity index (χ4n) is 2.45. The average molecular weight is 395 g/mol. The molecule has 0 aromatic heterocycles. The van der Waals surface area contributed by atoms with E-state index in [4.69, 9.17) is 14.7 Å². The molecule has 154 valence electrons. The van der Waals surface area contributed by atoms with Gasteiger partial charge in [-0.3, -0.25) is 24.9 Å². The molecule has 0 radical (unpaired) electrons. The third-order valence-corrected chi connectivity index (χ3v) is 3.87. The molecule has 28 heavy (non-hydrogen) atoms. The topological polar surface area (TPSA) is 140 Å². The van der Waals surface area contributed by atoms with Gasteiger partial charge in [0.25, 0.3) is 11.6 Å². The zero-order valence-electron chi connectivity index (χ0n) is 15.6. The number of hydrogen-bond donors (Lipinski definition) is 3. The summed E-state index contributed by atoms with van der Waals surface area (Å²) in [6.45, 7) is 5.96. The Hall–Kier alpha value is -2.82. The molecule has 0 saturated heterocycles. The van der Waals surface area contributed by atoms with Gasteiger partial charge in [-0.05, 0) is 31.9 Å². The molecule has 10 heteroatoms. The highest BCUT2D eigenvalue weighted by Crippen LogP contribution is 2.15. The van der Waals surface area contributed by atoms with Crippen molar-refractivity contribution in [2.24, 2.45) is 5.92 Å². The number of hydrogen-bond acceptors (Lipinski definition) is 7. The van der Waals surface area contributed by atoms with Crippen LogP contribution in [-0.2, 0) is 14.3 Å². The first-order valence-electron chi connectivity index (χ1n) is 8.68. The summed E-state index contributed by atoms with van der Waals surface area (Å²) in [7, 11) is 0. The van der Waals surface area contributed by atoms with E-state index >= 15 is 0 Å². The van der Waals surface area contributed by atoms with Crippen molar-refractivity contribution in [2.75, 3.05) is 20.0 Å². The van der Waals surface area contributed by atoms with Gasteiger partial charge in [-0.15, -0.1) is 6.58 Å². The van der Waals surface area contributed by atoms with Gasteiger partial charge < -0.3 is 14.8 Å². The summed E-state index contributed by atoms with van der Waals surface area (Å²) in [5.74, 6) is -1.69. The molecule has 0 saturated carbocycles. The lowest BCUT2D eigenvalue weighted by molar-refractivity contribution is -0.384. The lowest BCUT2D eigenvalue weighted by Gasteiger charge is -2.23. The Kier molecular flexibility index (Phi) is 10.4. The molecule has 0 aliphatic heterocycles. The van der Waals surface area contributed by atoms with Crippen LogP contribution in [-0.4, -0.2) is 48.0 Å². The lowest BCUT2D eigenvalue weighted by atomic mass is 9.95. The van der Waals surface area contributed by atoms with Crippen LogP contribution in [0.2, 0.25) is 0 Å². The van der Waals surface area contributed by atoms with Crippen LogP contribution in [0.25, 0.3) is 0 Å². The molecule has 0 fully saturated rings. The van der Waals surface area contributed by atoms with E-state index in [1.54, 1.807) is 5.48 Å². The molecule has 2 atom stereocenters. The van der Waals surface area contributed by atoms with Crippen LogP contribution >= 0.6 is 0 Å². The molecule has 10 nitrogen and oxygen atoms in total. The Morgan fingerprint density at radius 3 is 2.54 bits per heavy atom. The second-order valence-corrected chi connectivity index (χ2v) is 5.89. The van der Waals surface area contributed by atoms with Crippen molar-refractivity contribution >= 4 is 17.5 Å². The lowest BCUT2D eigenvalue weighted by Crippen LogP contribution is -2.42. The molecular formula is C18H25N3O7. The first-order chi connectivity index (χ1) is 13.4. The van der Waals surface area contributed by atoms with E-state index < -0.39 is 28.7 Å². The average Bonchev–Trinajstić information content (AvgIpc) is 2.70. The minimum atomic E-state index is -0.625. The second-order valence-electron chi connectivity index (χ2n) is 5.89. The molecule has 2 unspecified atom stereocenters. The van der Waals surface area contributed by atoms with E-state index in [-0.39, 0.29) is 31.1 Å². The summed E-state index contributed by atoms with van der Waals surface area (Å²) < 4.78 is 10.5. The van der Waals surface area contributed by atoms with Gasteiger partial charge in [0.1, 0.15) is 6.79 Å². The quantitative estimate of drug-likeness (QED) is 0.115. The van der Waals surface area contributed by atoms with Gasteiger partial charge in [0.15, 0.2) is 0 Å². The van der Waals surface area contributed by atoms with Gasteiger partial charge in [-0.25, -0.2) is 5.48 Å². The molecule has 1 aromatic carbocycles. The smallest absolute Gasteiger partial charge is 0.269 e. The van der Waals surface area contributed by atoms with Crippen LogP contribution in [0.4, 0.5) is 5.69 Å². The number of ether oxygens (including phenoxy) is 2. The third-order valence-electron chi connectivity index (χ3n) is 3.87. The number of non-ortho nitro benzene ring substituents is 1. The molecule has 0 heterocycles. The fourth-order valence-corrected chi connectivity index (χ4v) is 2.45. The Bertz CT molecular complexity index is 664. The Labute approximate surface area is 162 Å². The van der Waals surface area contributed by atoms with Crippen molar-refractivity contribution in [3.8, 4) is 0 Å². The molecule has 3 N–H and O–H groups in total. The summed E-state index contributed by atoms with van der Waals surface area (Å²) in [6, 6.07) is 4.58. The van der Waals surface area contributed by atoms with Crippen molar-refractivity contribution in [1.82, 2.24) is 10.8 Å². The van der Waals surface area contributed by atoms with Crippen LogP contribution in [0.3, 0.4) is 0 Å². The number of benzene rings is 1. The van der Waals surface area contributed by atoms with Crippen molar-refractivity contribution < 1.29 is 29.2 Å². The number of amides is 2. The molecule has 0 aliphatic carbocycles. The summed E-state index contributed by atoms with van der Waals surface area (Å²) in [4.78, 5) is 34.4. The molecule has 2 amide bonds. The predicted molar refractivity (Wildman–Crippen MR) is 99.6 cm³/mol. The molecule has 1 rings (SSSR count). The van der Waals surface area contributed by atoms with Crippen molar-refractivity contribution in [1.29, 1.82) is 0 Å². The molecule has 0 bridgehead atoms. The highest BCUT2D eigenvalue weighted by Gasteiger charge is 2.24. The zero-order chi connectivity index (χ0) is 20.9. The summed E-state index contributed by atoms with van der Waals surface area (Å²) in [5, 5.41) is 22.4. The number of nitro benzene ring substituents is 1. The molecular weight excluding hydrogens is 370 g/mol. The molecule has 1 aromatic rings. The Balaban J connectivity index is 2.84. The van der Waals surface area contributed by atoms with E-state index in [0.717, 1.165) is 0 Å². The predicted octanol–water partition coefficient (Wildman–Crippen LogP) is 1.79. The van der Waals surface area contributed by atoms with E-state index in [0.29, 0.717) is 13.0 Å². The van der Waals surface area contributed by atoms with Crippen LogP contribution in [0, 0.1) is 16.0 Å². The number of carbonyl (C=O) groups excluding carboxylic acids is 2. The van der Waals surface area contributed by atoms with Crippen molar-refractivity contribution in [2.45, 2.75) is 25.8 Å². The standard InChI is InChI=1S/C18H25N3O7/c1-3-5-14(18(23)20-24)10-15(11-28-12-27-4-2)19-17(22)13-6-8-16(9-7-13)21(25)26/h3,6-9,14-15,24H,1,4-5,10-12H2,2H3,(H,19,22)(H,20,23). The number of allylic oxidation sites excluding steroid dienone is 1. The van der Waals surface area contributed by atoms with Crippen molar-refractivity contribution in [3.63, 3.8) is 0 Å². The first kappa shape index (κ1) is 23.2. The van der Waals surface area contributed by atoms with Gasteiger partial charge in [0.05, 0.1) is 17.6 Å². The van der Waals surface area contributed by atoms with Gasteiger partial charge in [-0.2, -0.15) is 0 Å². The SMILES string of the molecule is C=CCC(CC(COCOCC)NC(=O)c1ccc([N+](=O)[O-])cc1)C(=O)NO. The zero-order valence-corrected chi connectivity index (χ0v) is 15.6. The van der Waals surface area contributed by atoms with Crippen LogP contribution in [0.1, 0.15) is 30.1 Å². The maximum absolute atomic E-state index is 12.5. The third kappa shape index (κ3) is 7.82. The van der Waals surface area contributed by atoms with Crippen LogP contribution < -0.4 is 10.8 Å². The Morgan fingerprint density at radius 1 is 1.32 bits per heavy atom. The van der Waals surface area contributed by atoms with E-state index in [1.807, 2.05) is 6.92 Å². The summed E-state index contributed by atoms with van der Waals surface area (Å²) >= 11 is 0. The van der Waals surface area contributed by atoms with E-state index in [2.05, 4.69) is 11.9 Å². The summed E-state index contributed by atoms with van der Waals surface area (Å²) in [6.07, 6.45) is 2.02. The molecule has 0 aliphatic rings. The van der Waals surface area contributed by atoms with E-state index in [9.17, 15) is 19.7 Å². The fraction of sp³-hybridized carbons (Fsp3) is 0.444. The maximum Gasteiger partial charge on any atom is 0.269 e. The largest absolute Gasteiger partial charge is 0.356 e. The minimum absolute atomic E-state index is 0.0265. The number of carbonyl (C=O) groups is 2. The number of nitrogens with one attached hydrogen (secondary N) is 2. The first-order valence-corrected chi connectivity index (χ1v) is 8.68. The van der Waals surface area contributed by atoms with Crippen LogP contribution in [0.15, 0.2) is 36.9 Å². The van der Waals surface area contributed by atoms with Gasteiger partial charge >= 0.3 is 0 Å². The maximum atomic E-state index is 12.5. The number of nitrogens with zero attached hydrogens (tertiary/aromatic N) is 1. The number of hydroxylamine groups is 1. The molecule has 0 spiro atoms. The van der Waals surface area contributed by atoms with Gasteiger partial charge in [-0.1, -0.05) is 6.08 Å².